The molecule has 4 aromatic heterocycles. The number of ether oxygens (including phenoxy) is 1. The predicted octanol–water partition coefficient (Wildman–Crippen LogP) is 8.24. The van der Waals surface area contributed by atoms with Gasteiger partial charge in [0.1, 0.15) is 6.29 Å². The first-order chi connectivity index (χ1) is 27.1. The van der Waals surface area contributed by atoms with Crippen molar-refractivity contribution in [1.82, 2.24) is 40.4 Å². The molecule has 0 unspecified atom stereocenters. The van der Waals surface area contributed by atoms with E-state index in [2.05, 4.69) is 110 Å². The lowest BCUT2D eigenvalue weighted by atomic mass is 10.1. The number of H-pyrrole nitrogens is 2. The van der Waals surface area contributed by atoms with Crippen LogP contribution in [0.1, 0.15) is 73.1 Å². The van der Waals surface area contributed by atoms with Crippen LogP contribution in [0.15, 0.2) is 60.1 Å². The summed E-state index contributed by atoms with van der Waals surface area (Å²) in [4.78, 5) is 60.1. The van der Waals surface area contributed by atoms with Crippen molar-refractivity contribution in [2.45, 2.75) is 73.1 Å². The molecule has 2 aliphatic heterocycles. The Labute approximate surface area is 339 Å². The van der Waals surface area contributed by atoms with Crippen LogP contribution in [0, 0.1) is 0 Å². The van der Waals surface area contributed by atoms with Crippen LogP contribution in [0.5, 0.6) is 0 Å². The van der Waals surface area contributed by atoms with E-state index < -0.39 is 6.09 Å². The SMILES string of the molecule is CC(=O)NCC(=O)N1CCCC1.CCC.CCC.CN1CCCC1.COC(=O)NCC=O.c1ncc(-c2ccc(-c3csc4c(-c5cnc[nH]5)csc34)cc2)[nH]1. The van der Waals surface area contributed by atoms with Crippen molar-refractivity contribution in [1.29, 1.82) is 0 Å². The van der Waals surface area contributed by atoms with Crippen LogP contribution >= 0.6 is 22.7 Å². The van der Waals surface area contributed by atoms with E-state index in [-0.39, 0.29) is 24.9 Å². The van der Waals surface area contributed by atoms with Crippen LogP contribution in [0.3, 0.4) is 0 Å². The summed E-state index contributed by atoms with van der Waals surface area (Å²) in [6.07, 6.45) is 14.6. The highest BCUT2D eigenvalue weighted by molar-refractivity contribution is 7.27. The molecule has 0 bridgehead atoms. The van der Waals surface area contributed by atoms with Crippen LogP contribution in [0.2, 0.25) is 0 Å². The Morgan fingerprint density at radius 3 is 1.75 bits per heavy atom. The number of rotatable bonds is 7. The van der Waals surface area contributed by atoms with Crippen molar-refractivity contribution in [2.75, 3.05) is 53.4 Å². The maximum absolute atomic E-state index is 11.3. The summed E-state index contributed by atoms with van der Waals surface area (Å²) in [6.45, 7) is 14.4. The minimum atomic E-state index is -0.586. The number of alkyl carbamates (subject to hydrolysis) is 1. The van der Waals surface area contributed by atoms with E-state index in [1.54, 1.807) is 40.2 Å². The number of methoxy groups -OCH3 is 1. The second-order valence-electron chi connectivity index (χ2n) is 12.9. The standard InChI is InChI=1S/C18H12N4S2.C8H14N2O2.C5H11N.C4H7NO3.2C3H8/c1-3-12(15-5-19-9-21-15)4-2-11(1)13-7-23-18-14(8-24-17(13)18)16-6-20-10-22-16;1-7(11)9-6-8(12)10-4-2-3-5-10;1-6-4-2-3-5-6;1-8-4(7)5-2-3-6;2*1-3-2/h1-10H,(H,19,21)(H,20,22);2-6H2,1H3,(H,9,11);2-5H2,1H3;3H,2H2,1H3,(H,5,7);2*3H2,1-2H3. The van der Waals surface area contributed by atoms with Crippen molar-refractivity contribution in [3.63, 3.8) is 0 Å². The highest BCUT2D eigenvalue weighted by atomic mass is 32.1. The summed E-state index contributed by atoms with van der Waals surface area (Å²) < 4.78 is 6.79. The molecule has 0 atom stereocenters. The lowest BCUT2D eigenvalue weighted by Gasteiger charge is -2.14. The van der Waals surface area contributed by atoms with Crippen molar-refractivity contribution >= 4 is 56.3 Å². The molecule has 2 aliphatic rings. The van der Waals surface area contributed by atoms with Gasteiger partial charge in [-0.25, -0.2) is 14.8 Å². The summed E-state index contributed by atoms with van der Waals surface area (Å²) in [5.41, 5.74) is 7.02. The van der Waals surface area contributed by atoms with Crippen molar-refractivity contribution in [2.24, 2.45) is 0 Å². The Kier molecular flexibility index (Phi) is 23.4. The van der Waals surface area contributed by atoms with E-state index in [4.69, 9.17) is 0 Å². The topological polar surface area (TPSA) is 165 Å². The average Bonchev–Trinajstić information content (AvgIpc) is 4.04. The lowest BCUT2D eigenvalue weighted by molar-refractivity contribution is -0.131. The van der Waals surface area contributed by atoms with Gasteiger partial charge in [-0.15, -0.1) is 22.7 Å². The molecular formula is C41H60N8O5S2. The van der Waals surface area contributed by atoms with Gasteiger partial charge in [0, 0.05) is 41.9 Å². The molecule has 15 heteroatoms. The third-order valence-corrected chi connectivity index (χ3v) is 10.0. The molecule has 306 valence electrons. The molecule has 0 aliphatic carbocycles. The number of likely N-dealkylation sites (tertiary alicyclic amines) is 2. The number of fused-ring (bicyclic) bond motifs is 1. The molecule has 5 aromatic rings. The molecule has 2 fully saturated rings. The molecule has 7 rings (SSSR count). The zero-order valence-corrected chi connectivity index (χ0v) is 35.6. The maximum Gasteiger partial charge on any atom is 0.407 e. The van der Waals surface area contributed by atoms with E-state index in [0.29, 0.717) is 6.29 Å². The van der Waals surface area contributed by atoms with Crippen LogP contribution < -0.4 is 10.6 Å². The molecular weight excluding hydrogens is 749 g/mol. The zero-order chi connectivity index (χ0) is 41.1. The van der Waals surface area contributed by atoms with Crippen molar-refractivity contribution in [3.05, 3.63) is 60.1 Å². The molecule has 1 aromatic carbocycles. The highest BCUT2D eigenvalue weighted by Gasteiger charge is 2.17. The van der Waals surface area contributed by atoms with E-state index >= 15 is 0 Å². The monoisotopic (exact) mass is 808 g/mol. The first kappa shape index (κ1) is 47.3. The fourth-order valence-corrected chi connectivity index (χ4v) is 7.65. The Balaban J connectivity index is 0.000000283. The Morgan fingerprint density at radius 1 is 0.786 bits per heavy atom. The van der Waals surface area contributed by atoms with Crippen molar-refractivity contribution < 1.29 is 23.9 Å². The van der Waals surface area contributed by atoms with E-state index in [0.717, 1.165) is 42.9 Å². The predicted molar refractivity (Wildman–Crippen MR) is 230 cm³/mol. The summed E-state index contributed by atoms with van der Waals surface area (Å²) in [6, 6.07) is 8.62. The minimum Gasteiger partial charge on any atom is -0.453 e. The fraction of sp³-hybridized carbons (Fsp3) is 0.463. The maximum atomic E-state index is 11.3. The van der Waals surface area contributed by atoms with Gasteiger partial charge >= 0.3 is 6.09 Å². The number of carbonyl (C=O) groups excluding carboxylic acids is 4. The lowest BCUT2D eigenvalue weighted by Crippen LogP contribution is -2.37. The van der Waals surface area contributed by atoms with Gasteiger partial charge in [-0.2, -0.15) is 0 Å². The number of aromatic nitrogens is 4. The first-order valence-corrected chi connectivity index (χ1v) is 20.9. The van der Waals surface area contributed by atoms with Gasteiger partial charge in [0.15, 0.2) is 0 Å². The molecule has 3 amide bonds. The quantitative estimate of drug-likeness (QED) is 0.119. The number of aldehydes is 1. The normalized spacial score (nSPS) is 12.8. The molecule has 2 saturated heterocycles. The molecule has 4 N–H and O–H groups in total. The first-order valence-electron chi connectivity index (χ1n) is 19.2. The van der Waals surface area contributed by atoms with Gasteiger partial charge in [0.25, 0.3) is 0 Å². The number of hydrogen-bond donors (Lipinski definition) is 4. The number of thiophene rings is 2. The number of hydrogen-bond acceptors (Lipinski definition) is 10. The molecule has 56 heavy (non-hydrogen) atoms. The number of carbonyl (C=O) groups is 4. The van der Waals surface area contributed by atoms with Gasteiger partial charge in [-0.05, 0) is 56.9 Å². The number of aromatic amines is 2. The number of imidazole rings is 2. The molecule has 0 radical (unpaired) electrons. The van der Waals surface area contributed by atoms with E-state index in [9.17, 15) is 19.2 Å². The summed E-state index contributed by atoms with van der Waals surface area (Å²) in [5, 5.41) is 9.09. The molecule has 0 spiro atoms. The highest BCUT2D eigenvalue weighted by Crippen LogP contribution is 2.43. The Morgan fingerprint density at radius 2 is 1.29 bits per heavy atom. The number of amides is 3. The molecule has 0 saturated carbocycles. The van der Waals surface area contributed by atoms with Crippen LogP contribution in [-0.4, -0.2) is 107 Å². The van der Waals surface area contributed by atoms with Crippen LogP contribution in [0.25, 0.3) is 43.0 Å². The number of nitrogens with zero attached hydrogens (tertiary/aromatic N) is 4. The summed E-state index contributed by atoms with van der Waals surface area (Å²) in [5.74, 6) is -0.120. The fourth-order valence-electron chi connectivity index (χ4n) is 5.20. The Bertz CT molecular complexity index is 1790. The third-order valence-electron chi connectivity index (χ3n) is 7.87. The van der Waals surface area contributed by atoms with Crippen molar-refractivity contribution in [3.8, 4) is 33.6 Å². The van der Waals surface area contributed by atoms with Gasteiger partial charge in [-0.1, -0.05) is 64.8 Å². The third kappa shape index (κ3) is 16.9. The van der Waals surface area contributed by atoms with E-state index in [1.807, 2.05) is 12.4 Å². The van der Waals surface area contributed by atoms with E-state index in [1.165, 1.54) is 78.9 Å². The average molecular weight is 809 g/mol. The second kappa shape index (κ2) is 27.7. The van der Waals surface area contributed by atoms with Gasteiger partial charge in [-0.3, -0.25) is 9.59 Å². The van der Waals surface area contributed by atoms with Crippen LogP contribution in [0.4, 0.5) is 4.79 Å². The molecule has 6 heterocycles. The largest absolute Gasteiger partial charge is 0.453 e. The molecule has 13 nitrogen and oxygen atoms in total. The number of nitrogens with one attached hydrogen (secondary N) is 4. The zero-order valence-electron chi connectivity index (χ0n) is 34.0. The Hall–Kier alpha value is -4.86. The smallest absolute Gasteiger partial charge is 0.407 e. The van der Waals surface area contributed by atoms with Gasteiger partial charge in [0.05, 0.1) is 66.0 Å². The van der Waals surface area contributed by atoms with Crippen LogP contribution in [-0.2, 0) is 19.1 Å². The summed E-state index contributed by atoms with van der Waals surface area (Å²) >= 11 is 3.58. The number of benzene rings is 1. The second-order valence-corrected chi connectivity index (χ2v) is 14.7. The summed E-state index contributed by atoms with van der Waals surface area (Å²) in [7, 11) is 3.41. The van der Waals surface area contributed by atoms with Gasteiger partial charge in [0.2, 0.25) is 11.8 Å². The van der Waals surface area contributed by atoms with Gasteiger partial charge < -0.3 is 39.9 Å². The minimum absolute atomic E-state index is 0.00662.